The third-order valence-corrected chi connectivity index (χ3v) is 3.04. The summed E-state index contributed by atoms with van der Waals surface area (Å²) in [5.74, 6) is 0. The molecule has 0 radical (unpaired) electrons. The molecule has 11 heavy (non-hydrogen) atoms. The van der Waals surface area contributed by atoms with Crippen molar-refractivity contribution in [1.29, 1.82) is 0 Å². The molecule has 0 bridgehead atoms. The highest BCUT2D eigenvalue weighted by Crippen LogP contribution is 1.95. The van der Waals surface area contributed by atoms with E-state index in [9.17, 15) is 8.42 Å². The van der Waals surface area contributed by atoms with E-state index in [1.54, 1.807) is 6.92 Å². The lowest BCUT2D eigenvalue weighted by atomic mass is 10.3. The highest BCUT2D eigenvalue weighted by molar-refractivity contribution is 7.90. The van der Waals surface area contributed by atoms with Crippen LogP contribution >= 0.6 is 11.6 Å². The Morgan fingerprint density at radius 1 is 1.64 bits per heavy atom. The van der Waals surface area contributed by atoms with E-state index in [1.165, 1.54) is 0 Å². The van der Waals surface area contributed by atoms with Crippen molar-refractivity contribution >= 4 is 21.6 Å². The van der Waals surface area contributed by atoms with Crippen molar-refractivity contribution in [2.75, 3.05) is 11.8 Å². The molecule has 0 aliphatic heterocycles. The standard InChI is InChI=1S/C5H12ClNO3S/c1-2-5(3-8)7-11(9,10)4-6/h5,7-8H,2-4H2,1H3. The zero-order chi connectivity index (χ0) is 8.91. The van der Waals surface area contributed by atoms with Gasteiger partial charge in [0.05, 0.1) is 6.61 Å². The van der Waals surface area contributed by atoms with Crippen LogP contribution < -0.4 is 4.72 Å². The van der Waals surface area contributed by atoms with Gasteiger partial charge in [0.25, 0.3) is 0 Å². The van der Waals surface area contributed by atoms with Crippen molar-refractivity contribution in [3.05, 3.63) is 0 Å². The van der Waals surface area contributed by atoms with Crippen molar-refractivity contribution < 1.29 is 13.5 Å². The maximum atomic E-state index is 10.8. The van der Waals surface area contributed by atoms with Crippen LogP contribution in [0.1, 0.15) is 13.3 Å². The molecule has 0 saturated heterocycles. The van der Waals surface area contributed by atoms with Crippen LogP contribution in [0.3, 0.4) is 0 Å². The first kappa shape index (κ1) is 11.2. The fraction of sp³-hybridized carbons (Fsp3) is 1.00. The van der Waals surface area contributed by atoms with Gasteiger partial charge in [0, 0.05) is 6.04 Å². The molecular formula is C5H12ClNO3S. The first-order valence-electron chi connectivity index (χ1n) is 3.22. The van der Waals surface area contributed by atoms with Crippen LogP contribution in [0.4, 0.5) is 0 Å². The summed E-state index contributed by atoms with van der Waals surface area (Å²) in [5, 5.41) is 8.15. The van der Waals surface area contributed by atoms with Crippen LogP contribution in [0, 0.1) is 0 Å². The first-order valence-corrected chi connectivity index (χ1v) is 5.41. The molecule has 0 fully saturated rings. The van der Waals surface area contributed by atoms with E-state index in [0.29, 0.717) is 6.42 Å². The number of hydrogen-bond donors (Lipinski definition) is 2. The summed E-state index contributed by atoms with van der Waals surface area (Å²) >= 11 is 5.12. The van der Waals surface area contributed by atoms with Gasteiger partial charge in [0.15, 0.2) is 0 Å². The number of alkyl halides is 1. The monoisotopic (exact) mass is 201 g/mol. The molecule has 0 aromatic heterocycles. The zero-order valence-corrected chi connectivity index (χ0v) is 7.82. The third-order valence-electron chi connectivity index (χ3n) is 1.20. The summed E-state index contributed by atoms with van der Waals surface area (Å²) in [7, 11) is -3.39. The molecule has 2 N–H and O–H groups in total. The molecule has 0 aromatic carbocycles. The summed E-state index contributed by atoms with van der Waals surface area (Å²) in [6.07, 6.45) is 0.548. The molecule has 6 heteroatoms. The van der Waals surface area contributed by atoms with Crippen molar-refractivity contribution in [3.63, 3.8) is 0 Å². The van der Waals surface area contributed by atoms with Crippen LogP contribution in [-0.2, 0) is 10.0 Å². The number of halogens is 1. The molecule has 1 atom stereocenters. The van der Waals surface area contributed by atoms with Crippen LogP contribution in [0.25, 0.3) is 0 Å². The number of aliphatic hydroxyl groups is 1. The van der Waals surface area contributed by atoms with Crippen LogP contribution in [0.2, 0.25) is 0 Å². The molecule has 0 aliphatic rings. The third kappa shape index (κ3) is 4.58. The van der Waals surface area contributed by atoms with E-state index >= 15 is 0 Å². The second kappa shape index (κ2) is 4.92. The first-order chi connectivity index (χ1) is 5.05. The van der Waals surface area contributed by atoms with E-state index in [-0.39, 0.29) is 6.61 Å². The molecule has 68 valence electrons. The lowest BCUT2D eigenvalue weighted by Gasteiger charge is -2.11. The average molecular weight is 202 g/mol. The maximum absolute atomic E-state index is 10.8. The lowest BCUT2D eigenvalue weighted by molar-refractivity contribution is 0.254. The van der Waals surface area contributed by atoms with E-state index in [4.69, 9.17) is 16.7 Å². The fourth-order valence-corrected chi connectivity index (χ4v) is 1.54. The van der Waals surface area contributed by atoms with Crippen LogP contribution in [0.15, 0.2) is 0 Å². The number of nitrogens with one attached hydrogen (secondary N) is 1. The van der Waals surface area contributed by atoms with Gasteiger partial charge in [0.1, 0.15) is 5.21 Å². The largest absolute Gasteiger partial charge is 0.395 e. The van der Waals surface area contributed by atoms with Crippen molar-refractivity contribution in [1.82, 2.24) is 4.72 Å². The molecule has 0 aromatic rings. The Bertz CT molecular complexity index is 188. The quantitative estimate of drug-likeness (QED) is 0.610. The molecule has 0 saturated carbocycles. The van der Waals surface area contributed by atoms with Crippen LogP contribution in [-0.4, -0.2) is 31.4 Å². The van der Waals surface area contributed by atoms with E-state index in [1.807, 2.05) is 0 Å². The Balaban J connectivity index is 4.01. The summed E-state index contributed by atoms with van der Waals surface area (Å²) in [5.41, 5.74) is 0. The number of aliphatic hydroxyl groups excluding tert-OH is 1. The normalized spacial score (nSPS) is 14.8. The van der Waals surface area contributed by atoms with Gasteiger partial charge in [-0.05, 0) is 6.42 Å². The minimum absolute atomic E-state index is 0.202. The Labute approximate surface area is 71.6 Å². The van der Waals surface area contributed by atoms with Crippen molar-refractivity contribution in [2.24, 2.45) is 0 Å². The zero-order valence-electron chi connectivity index (χ0n) is 6.25. The van der Waals surface area contributed by atoms with E-state index in [2.05, 4.69) is 4.72 Å². The Hall–Kier alpha value is 0.160. The van der Waals surface area contributed by atoms with E-state index < -0.39 is 21.3 Å². The van der Waals surface area contributed by atoms with Crippen molar-refractivity contribution in [3.8, 4) is 0 Å². The van der Waals surface area contributed by atoms with Gasteiger partial charge in [-0.1, -0.05) is 6.92 Å². The van der Waals surface area contributed by atoms with Gasteiger partial charge < -0.3 is 5.11 Å². The molecule has 0 rings (SSSR count). The number of hydrogen-bond acceptors (Lipinski definition) is 3. The van der Waals surface area contributed by atoms with Gasteiger partial charge in [0.2, 0.25) is 10.0 Å². The predicted octanol–water partition coefficient (Wildman–Crippen LogP) is -0.127. The van der Waals surface area contributed by atoms with E-state index in [0.717, 1.165) is 0 Å². The molecule has 0 heterocycles. The second-order valence-electron chi connectivity index (χ2n) is 2.13. The average Bonchev–Trinajstić information content (AvgIpc) is 2.00. The lowest BCUT2D eigenvalue weighted by Crippen LogP contribution is -2.37. The highest BCUT2D eigenvalue weighted by Gasteiger charge is 2.13. The minimum Gasteiger partial charge on any atom is -0.395 e. The Kier molecular flexibility index (Phi) is 4.99. The SMILES string of the molecule is CCC(CO)NS(=O)(=O)CCl. The van der Waals surface area contributed by atoms with Gasteiger partial charge in [-0.3, -0.25) is 0 Å². The number of sulfonamides is 1. The molecular weight excluding hydrogens is 190 g/mol. The number of rotatable bonds is 5. The molecule has 1 unspecified atom stereocenters. The van der Waals surface area contributed by atoms with Gasteiger partial charge in [-0.15, -0.1) is 11.6 Å². The Morgan fingerprint density at radius 2 is 2.18 bits per heavy atom. The summed E-state index contributed by atoms with van der Waals surface area (Å²) in [6, 6.07) is -0.418. The predicted molar refractivity (Wildman–Crippen MR) is 43.9 cm³/mol. The maximum Gasteiger partial charge on any atom is 0.225 e. The van der Waals surface area contributed by atoms with Crippen molar-refractivity contribution in [2.45, 2.75) is 19.4 Å². The van der Waals surface area contributed by atoms with Gasteiger partial charge >= 0.3 is 0 Å². The topological polar surface area (TPSA) is 66.4 Å². The fourth-order valence-electron chi connectivity index (χ4n) is 0.535. The van der Waals surface area contributed by atoms with Gasteiger partial charge in [-0.2, -0.15) is 0 Å². The summed E-state index contributed by atoms with van der Waals surface area (Å²) in [4.78, 5) is 0. The molecule has 0 aliphatic carbocycles. The highest BCUT2D eigenvalue weighted by atomic mass is 35.5. The molecule has 4 nitrogen and oxygen atoms in total. The Morgan fingerprint density at radius 3 is 2.45 bits per heavy atom. The second-order valence-corrected chi connectivity index (χ2v) is 4.47. The van der Waals surface area contributed by atoms with Gasteiger partial charge in [-0.25, -0.2) is 13.1 Å². The van der Waals surface area contributed by atoms with Crippen LogP contribution in [0.5, 0.6) is 0 Å². The summed E-state index contributed by atoms with van der Waals surface area (Å²) < 4.78 is 23.8. The minimum atomic E-state index is -3.39. The smallest absolute Gasteiger partial charge is 0.225 e. The molecule has 0 amide bonds. The molecule has 0 spiro atoms. The summed E-state index contributed by atoms with van der Waals surface area (Å²) in [6.45, 7) is 1.57.